The highest BCUT2D eigenvalue weighted by Gasteiger charge is 2.36. The monoisotopic (exact) mass is 221 g/mol. The lowest BCUT2D eigenvalue weighted by Gasteiger charge is -2.21. The standard InChI is InChI=1S/C8H15NO4S/c1-6-3-4-9(7(6)2)14(12,13)5-8(10)11/h6-7H,3-5H2,1-2H3,(H,10,11). The Balaban J connectivity index is 2.79. The third-order valence-electron chi connectivity index (χ3n) is 2.75. The molecular formula is C8H15NO4S. The number of carboxylic acid groups (broad SMARTS) is 1. The van der Waals surface area contributed by atoms with Crippen LogP contribution in [0, 0.1) is 5.92 Å². The van der Waals surface area contributed by atoms with E-state index in [1.54, 1.807) is 0 Å². The molecule has 1 heterocycles. The first-order valence-electron chi connectivity index (χ1n) is 4.56. The van der Waals surface area contributed by atoms with E-state index in [0.717, 1.165) is 6.42 Å². The van der Waals surface area contributed by atoms with Crippen LogP contribution < -0.4 is 0 Å². The van der Waals surface area contributed by atoms with Crippen LogP contribution in [-0.2, 0) is 14.8 Å². The van der Waals surface area contributed by atoms with Gasteiger partial charge in [0.15, 0.2) is 5.75 Å². The van der Waals surface area contributed by atoms with E-state index < -0.39 is 21.7 Å². The zero-order valence-corrected chi connectivity index (χ0v) is 9.12. The van der Waals surface area contributed by atoms with Gasteiger partial charge in [-0.1, -0.05) is 6.92 Å². The van der Waals surface area contributed by atoms with E-state index in [9.17, 15) is 13.2 Å². The highest BCUT2D eigenvalue weighted by molar-refractivity contribution is 7.89. The second-order valence-electron chi connectivity index (χ2n) is 3.77. The fourth-order valence-corrected chi connectivity index (χ4v) is 3.27. The molecule has 0 amide bonds. The maximum absolute atomic E-state index is 11.5. The van der Waals surface area contributed by atoms with Crippen molar-refractivity contribution in [2.45, 2.75) is 26.3 Å². The summed E-state index contributed by atoms with van der Waals surface area (Å²) >= 11 is 0. The maximum Gasteiger partial charge on any atom is 0.320 e. The van der Waals surface area contributed by atoms with E-state index in [-0.39, 0.29) is 6.04 Å². The van der Waals surface area contributed by atoms with E-state index >= 15 is 0 Å². The highest BCUT2D eigenvalue weighted by atomic mass is 32.2. The molecule has 0 spiro atoms. The van der Waals surface area contributed by atoms with Crippen LogP contribution in [0.4, 0.5) is 0 Å². The third kappa shape index (κ3) is 2.24. The smallest absolute Gasteiger partial charge is 0.320 e. The van der Waals surface area contributed by atoms with Crippen molar-refractivity contribution in [3.63, 3.8) is 0 Å². The van der Waals surface area contributed by atoms with Gasteiger partial charge in [0.05, 0.1) is 0 Å². The van der Waals surface area contributed by atoms with Crippen LogP contribution in [0.25, 0.3) is 0 Å². The molecule has 1 fully saturated rings. The Hall–Kier alpha value is -0.620. The lowest BCUT2D eigenvalue weighted by Crippen LogP contribution is -2.38. The number of carbonyl (C=O) groups is 1. The fourth-order valence-electron chi connectivity index (χ4n) is 1.69. The molecule has 1 rings (SSSR count). The average molecular weight is 221 g/mol. The van der Waals surface area contributed by atoms with Crippen molar-refractivity contribution < 1.29 is 18.3 Å². The summed E-state index contributed by atoms with van der Waals surface area (Å²) in [6, 6.07) is -0.0839. The Bertz CT molecular complexity index is 324. The minimum absolute atomic E-state index is 0.0839. The summed E-state index contributed by atoms with van der Waals surface area (Å²) in [4.78, 5) is 10.4. The van der Waals surface area contributed by atoms with Gasteiger partial charge in [-0.3, -0.25) is 4.79 Å². The number of hydrogen-bond acceptors (Lipinski definition) is 3. The molecular weight excluding hydrogens is 206 g/mol. The maximum atomic E-state index is 11.5. The number of hydrogen-bond donors (Lipinski definition) is 1. The number of nitrogens with zero attached hydrogens (tertiary/aromatic N) is 1. The van der Waals surface area contributed by atoms with Crippen LogP contribution in [0.2, 0.25) is 0 Å². The van der Waals surface area contributed by atoms with E-state index in [1.165, 1.54) is 4.31 Å². The van der Waals surface area contributed by atoms with Crippen LogP contribution in [0.5, 0.6) is 0 Å². The van der Waals surface area contributed by atoms with Gasteiger partial charge in [0.2, 0.25) is 10.0 Å². The van der Waals surface area contributed by atoms with Crippen molar-refractivity contribution in [3.05, 3.63) is 0 Å². The molecule has 5 nitrogen and oxygen atoms in total. The molecule has 0 aromatic heterocycles. The lowest BCUT2D eigenvalue weighted by molar-refractivity contribution is -0.134. The molecule has 2 atom stereocenters. The molecule has 0 radical (unpaired) electrons. The van der Waals surface area contributed by atoms with Crippen LogP contribution in [0.15, 0.2) is 0 Å². The molecule has 14 heavy (non-hydrogen) atoms. The number of sulfonamides is 1. The van der Waals surface area contributed by atoms with Crippen molar-refractivity contribution in [1.82, 2.24) is 4.31 Å². The second-order valence-corrected chi connectivity index (χ2v) is 5.69. The molecule has 0 aromatic rings. The zero-order valence-electron chi connectivity index (χ0n) is 8.30. The van der Waals surface area contributed by atoms with Gasteiger partial charge >= 0.3 is 5.97 Å². The van der Waals surface area contributed by atoms with Crippen LogP contribution in [-0.4, -0.2) is 42.1 Å². The Morgan fingerprint density at radius 1 is 1.50 bits per heavy atom. The minimum Gasteiger partial charge on any atom is -0.480 e. The van der Waals surface area contributed by atoms with Crippen LogP contribution in [0.3, 0.4) is 0 Å². The van der Waals surface area contributed by atoms with Crippen molar-refractivity contribution in [3.8, 4) is 0 Å². The molecule has 0 aliphatic carbocycles. The first kappa shape index (κ1) is 11.5. The van der Waals surface area contributed by atoms with Gasteiger partial charge in [-0.15, -0.1) is 0 Å². The quantitative estimate of drug-likeness (QED) is 0.735. The van der Waals surface area contributed by atoms with Gasteiger partial charge < -0.3 is 5.11 Å². The Morgan fingerprint density at radius 3 is 2.43 bits per heavy atom. The molecule has 0 aromatic carbocycles. The molecule has 82 valence electrons. The Morgan fingerprint density at radius 2 is 2.07 bits per heavy atom. The molecule has 0 bridgehead atoms. The first-order valence-corrected chi connectivity index (χ1v) is 6.17. The number of aliphatic carboxylic acids is 1. The summed E-state index contributed by atoms with van der Waals surface area (Å²) in [6.45, 7) is 4.23. The van der Waals surface area contributed by atoms with E-state index in [4.69, 9.17) is 5.11 Å². The zero-order chi connectivity index (χ0) is 10.9. The Kier molecular flexibility index (Phi) is 3.16. The normalized spacial score (nSPS) is 29.3. The summed E-state index contributed by atoms with van der Waals surface area (Å²) in [7, 11) is -3.61. The van der Waals surface area contributed by atoms with Gasteiger partial charge in [0.25, 0.3) is 0 Å². The van der Waals surface area contributed by atoms with Gasteiger partial charge in [-0.2, -0.15) is 4.31 Å². The van der Waals surface area contributed by atoms with Crippen LogP contribution in [0.1, 0.15) is 20.3 Å². The van der Waals surface area contributed by atoms with E-state index in [1.807, 2.05) is 13.8 Å². The summed E-state index contributed by atoms with van der Waals surface area (Å²) in [5.74, 6) is -1.79. The molecule has 0 saturated carbocycles. The molecule has 1 saturated heterocycles. The topological polar surface area (TPSA) is 74.7 Å². The van der Waals surface area contributed by atoms with Crippen LogP contribution >= 0.6 is 0 Å². The predicted molar refractivity (Wildman–Crippen MR) is 51.4 cm³/mol. The molecule has 6 heteroatoms. The van der Waals surface area contributed by atoms with Gasteiger partial charge in [-0.05, 0) is 19.3 Å². The molecule has 1 N–H and O–H groups in total. The van der Waals surface area contributed by atoms with Crippen molar-refractivity contribution in [2.75, 3.05) is 12.3 Å². The Labute approximate surface area is 83.8 Å². The summed E-state index contributed by atoms with van der Waals surface area (Å²) in [5, 5.41) is 8.46. The fraction of sp³-hybridized carbons (Fsp3) is 0.875. The van der Waals surface area contributed by atoms with Gasteiger partial charge in [-0.25, -0.2) is 8.42 Å². The largest absolute Gasteiger partial charge is 0.480 e. The summed E-state index contributed by atoms with van der Waals surface area (Å²) in [5.41, 5.74) is 0. The molecule has 1 aliphatic heterocycles. The summed E-state index contributed by atoms with van der Waals surface area (Å²) in [6.07, 6.45) is 0.806. The van der Waals surface area contributed by atoms with Crippen molar-refractivity contribution in [2.24, 2.45) is 5.92 Å². The minimum atomic E-state index is -3.61. The SMILES string of the molecule is CC1CCN(S(=O)(=O)CC(=O)O)C1C. The highest BCUT2D eigenvalue weighted by Crippen LogP contribution is 2.26. The van der Waals surface area contributed by atoms with E-state index in [2.05, 4.69) is 0 Å². The second kappa shape index (κ2) is 3.86. The van der Waals surface area contributed by atoms with Gasteiger partial charge in [0, 0.05) is 12.6 Å². The lowest BCUT2D eigenvalue weighted by atomic mass is 10.1. The average Bonchev–Trinajstić information content (AvgIpc) is 2.30. The van der Waals surface area contributed by atoms with E-state index in [0.29, 0.717) is 12.5 Å². The summed E-state index contributed by atoms with van der Waals surface area (Å²) < 4.78 is 24.4. The molecule has 2 unspecified atom stereocenters. The molecule has 1 aliphatic rings. The van der Waals surface area contributed by atoms with Crippen molar-refractivity contribution in [1.29, 1.82) is 0 Å². The van der Waals surface area contributed by atoms with Crippen molar-refractivity contribution >= 4 is 16.0 Å². The number of carboxylic acids is 1. The predicted octanol–water partition coefficient (Wildman–Crippen LogP) is 0.131. The first-order chi connectivity index (χ1) is 6.34. The van der Waals surface area contributed by atoms with Gasteiger partial charge in [0.1, 0.15) is 0 Å². The number of rotatable bonds is 3. The third-order valence-corrected chi connectivity index (χ3v) is 4.59.